The van der Waals surface area contributed by atoms with Crippen LogP contribution in [0.1, 0.15) is 36.7 Å². The zero-order chi connectivity index (χ0) is 25.5. The average molecular weight is 462 g/mol. The summed E-state index contributed by atoms with van der Waals surface area (Å²) in [5.41, 5.74) is 1.23. The number of amides is 1. The Hall–Kier alpha value is -4.16. The van der Waals surface area contributed by atoms with E-state index in [1.165, 1.54) is 30.7 Å². The molecular weight excluding hydrogens is 432 g/mol. The minimum absolute atomic E-state index is 0.00654. The number of halogens is 2. The molecule has 1 fully saturated rings. The van der Waals surface area contributed by atoms with Gasteiger partial charge in [0.1, 0.15) is 23.0 Å². The normalized spacial score (nSPS) is 13.4. The molecule has 1 aromatic carbocycles. The van der Waals surface area contributed by atoms with Gasteiger partial charge in [0.2, 0.25) is 0 Å². The number of carbonyl (C=O) groups is 1. The lowest BCUT2D eigenvalue weighted by Gasteiger charge is -2.31. The van der Waals surface area contributed by atoms with Gasteiger partial charge in [-0.2, -0.15) is 0 Å². The summed E-state index contributed by atoms with van der Waals surface area (Å²) >= 11 is 0. The van der Waals surface area contributed by atoms with Crippen LogP contribution < -0.4 is 5.32 Å². The second-order valence-corrected chi connectivity index (χ2v) is 7.01. The van der Waals surface area contributed by atoms with Crippen molar-refractivity contribution in [1.82, 2.24) is 15.2 Å². The van der Waals surface area contributed by atoms with Crippen LogP contribution in [0.4, 0.5) is 8.78 Å². The monoisotopic (exact) mass is 461 g/mol. The Labute approximate surface area is 201 Å². The van der Waals surface area contributed by atoms with Crippen LogP contribution in [0.2, 0.25) is 0 Å². The Balaban J connectivity index is 0.00000137. The van der Waals surface area contributed by atoms with Gasteiger partial charge in [0.15, 0.2) is 0 Å². The van der Waals surface area contributed by atoms with Crippen molar-refractivity contribution in [3.63, 3.8) is 0 Å². The first-order valence-electron chi connectivity index (χ1n) is 10.7. The molecular formula is C28H29F2N3O. The third kappa shape index (κ3) is 7.18. The van der Waals surface area contributed by atoms with Crippen LogP contribution in [0.5, 0.6) is 0 Å². The molecule has 3 rings (SSSR count). The molecule has 2 heterocycles. The molecule has 0 spiro atoms. The van der Waals surface area contributed by atoms with E-state index in [-0.39, 0.29) is 17.0 Å². The van der Waals surface area contributed by atoms with Gasteiger partial charge in [-0.15, -0.1) is 25.7 Å². The highest BCUT2D eigenvalue weighted by atomic mass is 19.1. The summed E-state index contributed by atoms with van der Waals surface area (Å²) in [6.07, 6.45) is 24.8. The maximum atomic E-state index is 14.3. The van der Waals surface area contributed by atoms with Gasteiger partial charge >= 0.3 is 0 Å². The molecule has 0 atom stereocenters. The molecule has 34 heavy (non-hydrogen) atoms. The van der Waals surface area contributed by atoms with Crippen molar-refractivity contribution in [3.8, 4) is 37.0 Å². The summed E-state index contributed by atoms with van der Waals surface area (Å²) in [4.78, 5) is 19.2. The van der Waals surface area contributed by atoms with Gasteiger partial charge < -0.3 is 10.2 Å². The Morgan fingerprint density at radius 3 is 2.26 bits per heavy atom. The van der Waals surface area contributed by atoms with Crippen molar-refractivity contribution in [2.24, 2.45) is 0 Å². The first-order valence-corrected chi connectivity index (χ1v) is 10.7. The van der Waals surface area contributed by atoms with Crippen molar-refractivity contribution in [1.29, 1.82) is 0 Å². The quantitative estimate of drug-likeness (QED) is 0.442. The van der Waals surface area contributed by atoms with E-state index in [2.05, 4.69) is 47.5 Å². The number of allylic oxidation sites excluding steroid dienone is 3. The zero-order valence-corrected chi connectivity index (χ0v) is 19.3. The van der Waals surface area contributed by atoms with E-state index in [9.17, 15) is 13.6 Å². The second-order valence-electron chi connectivity index (χ2n) is 7.01. The number of aromatic nitrogens is 1. The number of benzene rings is 1. The topological polar surface area (TPSA) is 45.2 Å². The van der Waals surface area contributed by atoms with Crippen LogP contribution in [0, 0.1) is 37.3 Å². The Bertz CT molecular complexity index is 1070. The lowest BCUT2D eigenvalue weighted by Crippen LogP contribution is -2.33. The van der Waals surface area contributed by atoms with Crippen LogP contribution in [-0.4, -0.2) is 28.9 Å². The molecule has 1 amide bonds. The number of nitrogens with one attached hydrogen (secondary N) is 1. The minimum Gasteiger partial charge on any atom is -0.370 e. The van der Waals surface area contributed by atoms with Gasteiger partial charge in [0.25, 0.3) is 5.91 Å². The van der Waals surface area contributed by atoms with E-state index in [4.69, 9.17) is 0 Å². The molecule has 0 bridgehead atoms. The fraction of sp³-hybridized carbons (Fsp3) is 0.214. The highest BCUT2D eigenvalue weighted by Crippen LogP contribution is 2.24. The molecule has 2 aromatic rings. The Kier molecular flexibility index (Phi) is 12.1. The molecule has 176 valence electrons. The molecule has 0 unspecified atom stereocenters. The van der Waals surface area contributed by atoms with Crippen molar-refractivity contribution in [2.45, 2.75) is 26.2 Å². The van der Waals surface area contributed by atoms with Gasteiger partial charge in [-0.05, 0) is 62.6 Å². The summed E-state index contributed by atoms with van der Waals surface area (Å²) in [6.45, 7) is 7.55. The van der Waals surface area contributed by atoms with Crippen molar-refractivity contribution in [2.75, 3.05) is 13.1 Å². The molecule has 1 aromatic heterocycles. The van der Waals surface area contributed by atoms with Crippen LogP contribution in [0.15, 0.2) is 72.6 Å². The van der Waals surface area contributed by atoms with Gasteiger partial charge in [-0.25, -0.2) is 13.8 Å². The Morgan fingerprint density at radius 2 is 1.68 bits per heavy atom. The lowest BCUT2D eigenvalue weighted by atomic mass is 10.1. The number of terminal acetylenes is 2. The molecule has 0 saturated carbocycles. The summed E-state index contributed by atoms with van der Waals surface area (Å²) in [7, 11) is 0. The number of rotatable bonds is 6. The van der Waals surface area contributed by atoms with Gasteiger partial charge in [0.05, 0.1) is 11.4 Å². The van der Waals surface area contributed by atoms with E-state index in [1.54, 1.807) is 12.1 Å². The van der Waals surface area contributed by atoms with E-state index < -0.39 is 17.5 Å². The Morgan fingerprint density at radius 1 is 1.03 bits per heavy atom. The number of hydrogen-bond acceptors (Lipinski definition) is 3. The number of carbonyl (C=O) groups excluding carboxylic acids is 1. The summed E-state index contributed by atoms with van der Waals surface area (Å²) < 4.78 is 28.4. The summed E-state index contributed by atoms with van der Waals surface area (Å²) in [5.74, 6) is -1.81. The first kappa shape index (κ1) is 27.9. The first-order chi connectivity index (χ1) is 16.5. The van der Waals surface area contributed by atoms with Crippen LogP contribution in [0.25, 0.3) is 11.3 Å². The number of likely N-dealkylation sites (tertiary alicyclic amines) is 1. The van der Waals surface area contributed by atoms with Crippen molar-refractivity contribution < 1.29 is 13.6 Å². The smallest absolute Gasteiger partial charge is 0.274 e. The number of hydrogen-bond donors (Lipinski definition) is 1. The third-order valence-electron chi connectivity index (χ3n) is 4.96. The standard InChI is InChI=1S/C24H25F2N3O.2C2H2/c1-3-10-22(29-15-8-5-9-16-29)20(4-2)28-24(30)21-14-13-19(26)23(27-21)17-11-6-7-12-18(17)25;2*1-2/h3-4,6-7,10-14H,2,5,8-9,15-16H2,1H3,(H,28,30);2*1-2H/b10-3-,22-20-;;. The molecule has 0 radical (unpaired) electrons. The van der Waals surface area contributed by atoms with Crippen molar-refractivity contribution >= 4 is 5.91 Å². The van der Waals surface area contributed by atoms with E-state index in [0.717, 1.165) is 37.7 Å². The predicted molar refractivity (Wildman–Crippen MR) is 134 cm³/mol. The third-order valence-corrected chi connectivity index (χ3v) is 4.96. The minimum atomic E-state index is -0.695. The highest BCUT2D eigenvalue weighted by Gasteiger charge is 2.19. The van der Waals surface area contributed by atoms with E-state index in [0.29, 0.717) is 5.70 Å². The molecule has 1 aliphatic heterocycles. The number of pyridine rings is 1. The van der Waals surface area contributed by atoms with Crippen molar-refractivity contribution in [3.05, 3.63) is 89.9 Å². The van der Waals surface area contributed by atoms with E-state index >= 15 is 0 Å². The molecule has 4 nitrogen and oxygen atoms in total. The van der Waals surface area contributed by atoms with Gasteiger partial charge in [-0.3, -0.25) is 4.79 Å². The lowest BCUT2D eigenvalue weighted by molar-refractivity contribution is 0.0961. The maximum Gasteiger partial charge on any atom is 0.274 e. The molecule has 1 saturated heterocycles. The largest absolute Gasteiger partial charge is 0.370 e. The molecule has 0 aliphatic carbocycles. The van der Waals surface area contributed by atoms with Gasteiger partial charge in [-0.1, -0.05) is 24.8 Å². The van der Waals surface area contributed by atoms with Crippen LogP contribution >= 0.6 is 0 Å². The highest BCUT2D eigenvalue weighted by molar-refractivity contribution is 5.94. The van der Waals surface area contributed by atoms with Gasteiger partial charge in [0, 0.05) is 18.7 Å². The second kappa shape index (κ2) is 14.8. The number of nitrogens with zero attached hydrogens (tertiary/aromatic N) is 2. The summed E-state index contributed by atoms with van der Waals surface area (Å²) in [5, 5.41) is 2.83. The maximum absolute atomic E-state index is 14.3. The fourth-order valence-corrected chi connectivity index (χ4v) is 3.47. The van der Waals surface area contributed by atoms with E-state index in [1.807, 2.05) is 19.1 Å². The average Bonchev–Trinajstić information content (AvgIpc) is 2.89. The molecule has 1 aliphatic rings. The van der Waals surface area contributed by atoms with Crippen LogP contribution in [-0.2, 0) is 0 Å². The zero-order valence-electron chi connectivity index (χ0n) is 19.3. The number of piperidine rings is 1. The summed E-state index contributed by atoms with van der Waals surface area (Å²) in [6, 6.07) is 8.16. The fourth-order valence-electron chi connectivity index (χ4n) is 3.47. The molecule has 1 N–H and O–H groups in total. The molecule has 6 heteroatoms. The SMILES string of the molecule is C#C.C#C.C=C/C(NC(=O)c1ccc(F)c(-c2ccccc2F)n1)=C(\C=C/C)N1CCCCC1. The predicted octanol–water partition coefficient (Wildman–Crippen LogP) is 5.72. The van der Waals surface area contributed by atoms with Crippen LogP contribution in [0.3, 0.4) is 0 Å².